The summed E-state index contributed by atoms with van der Waals surface area (Å²) in [6, 6.07) is 15.3. The number of nitrogens with one attached hydrogen (secondary N) is 1. The third kappa shape index (κ3) is 5.00. The molecule has 5 nitrogen and oxygen atoms in total. The van der Waals surface area contributed by atoms with E-state index >= 15 is 0 Å². The SMILES string of the molecule is C[C@H]1CCc2c(sc3ncnc(OCC(=O)Nc4ccccc4Sc4ccc(Cl)cc4)c23)C1. The van der Waals surface area contributed by atoms with E-state index in [0.717, 1.165) is 45.0 Å². The van der Waals surface area contributed by atoms with Crippen molar-refractivity contribution >= 4 is 56.5 Å². The molecule has 1 amide bonds. The number of aromatic nitrogens is 2. The lowest BCUT2D eigenvalue weighted by Crippen LogP contribution is -2.21. The molecular formula is C25H22ClN3O2S2. The number of ether oxygens (including phenoxy) is 1. The highest BCUT2D eigenvalue weighted by atomic mass is 35.5. The number of amides is 1. The molecule has 0 bridgehead atoms. The van der Waals surface area contributed by atoms with Crippen LogP contribution in [0.5, 0.6) is 5.88 Å². The Morgan fingerprint density at radius 2 is 2.03 bits per heavy atom. The number of thiophene rings is 1. The first kappa shape index (κ1) is 22.2. The molecule has 0 unspecified atom stereocenters. The molecule has 2 aromatic carbocycles. The van der Waals surface area contributed by atoms with Gasteiger partial charge >= 0.3 is 0 Å². The predicted octanol–water partition coefficient (Wildman–Crippen LogP) is 6.64. The van der Waals surface area contributed by atoms with Crippen LogP contribution in [0.3, 0.4) is 0 Å². The van der Waals surface area contributed by atoms with Crippen molar-refractivity contribution in [2.45, 2.75) is 36.0 Å². The van der Waals surface area contributed by atoms with Gasteiger partial charge in [-0.3, -0.25) is 4.79 Å². The second kappa shape index (κ2) is 9.71. The highest BCUT2D eigenvalue weighted by Crippen LogP contribution is 2.40. The zero-order valence-electron chi connectivity index (χ0n) is 18.0. The summed E-state index contributed by atoms with van der Waals surface area (Å²) < 4.78 is 5.90. The van der Waals surface area contributed by atoms with E-state index in [1.54, 1.807) is 23.1 Å². The molecule has 1 aliphatic rings. The lowest BCUT2D eigenvalue weighted by molar-refractivity contribution is -0.118. The van der Waals surface area contributed by atoms with E-state index < -0.39 is 0 Å². The first-order valence-electron chi connectivity index (χ1n) is 10.8. The first-order chi connectivity index (χ1) is 16.1. The van der Waals surface area contributed by atoms with Crippen LogP contribution >= 0.6 is 34.7 Å². The molecule has 0 aliphatic heterocycles. The average molecular weight is 496 g/mol. The molecule has 1 aliphatic carbocycles. The van der Waals surface area contributed by atoms with Crippen LogP contribution in [0.15, 0.2) is 64.6 Å². The van der Waals surface area contributed by atoms with Crippen molar-refractivity contribution in [3.63, 3.8) is 0 Å². The summed E-state index contributed by atoms with van der Waals surface area (Å²) in [6.45, 7) is 2.16. The van der Waals surface area contributed by atoms with Crippen molar-refractivity contribution in [1.29, 1.82) is 0 Å². The number of nitrogens with zero attached hydrogens (tertiary/aromatic N) is 2. The molecule has 33 heavy (non-hydrogen) atoms. The van der Waals surface area contributed by atoms with Gasteiger partial charge in [0.1, 0.15) is 11.2 Å². The second-order valence-corrected chi connectivity index (χ2v) is 10.7. The fourth-order valence-corrected chi connectivity index (χ4v) is 6.33. The number of fused-ring (bicyclic) bond motifs is 3. The van der Waals surface area contributed by atoms with E-state index in [0.29, 0.717) is 16.8 Å². The third-order valence-corrected chi connectivity index (χ3v) is 8.10. The van der Waals surface area contributed by atoms with Gasteiger partial charge in [0.15, 0.2) is 6.61 Å². The van der Waals surface area contributed by atoms with Gasteiger partial charge in [0, 0.05) is 19.7 Å². The topological polar surface area (TPSA) is 64.1 Å². The number of anilines is 1. The first-order valence-corrected chi connectivity index (χ1v) is 12.8. The monoisotopic (exact) mass is 495 g/mol. The second-order valence-electron chi connectivity index (χ2n) is 8.10. The lowest BCUT2D eigenvalue weighted by atomic mass is 9.89. The van der Waals surface area contributed by atoms with Gasteiger partial charge in [-0.1, -0.05) is 42.4 Å². The summed E-state index contributed by atoms with van der Waals surface area (Å²) in [7, 11) is 0. The van der Waals surface area contributed by atoms with Gasteiger partial charge in [0.25, 0.3) is 5.91 Å². The average Bonchev–Trinajstić information content (AvgIpc) is 3.18. The molecule has 0 saturated heterocycles. The van der Waals surface area contributed by atoms with Crippen LogP contribution < -0.4 is 10.1 Å². The zero-order valence-corrected chi connectivity index (χ0v) is 20.4. The molecule has 0 spiro atoms. The Bertz CT molecular complexity index is 1310. The molecule has 0 saturated carbocycles. The van der Waals surface area contributed by atoms with E-state index in [-0.39, 0.29) is 12.5 Å². The summed E-state index contributed by atoms with van der Waals surface area (Å²) in [5, 5.41) is 4.63. The van der Waals surface area contributed by atoms with E-state index in [4.69, 9.17) is 16.3 Å². The fourth-order valence-electron chi connectivity index (χ4n) is 3.96. The summed E-state index contributed by atoms with van der Waals surface area (Å²) in [5.41, 5.74) is 2.02. The maximum absolute atomic E-state index is 12.7. The maximum Gasteiger partial charge on any atom is 0.262 e. The Hall–Kier alpha value is -2.61. The number of aryl methyl sites for hydroxylation is 1. The number of carbonyl (C=O) groups excluding carboxylic acids is 1. The Labute approximate surface area is 205 Å². The van der Waals surface area contributed by atoms with Crippen LogP contribution in [-0.2, 0) is 17.6 Å². The van der Waals surface area contributed by atoms with Crippen LogP contribution in [0.1, 0.15) is 23.8 Å². The van der Waals surface area contributed by atoms with Gasteiger partial charge in [0.2, 0.25) is 5.88 Å². The number of carbonyl (C=O) groups is 1. The molecule has 2 heterocycles. The van der Waals surface area contributed by atoms with Gasteiger partial charge in [-0.2, -0.15) is 0 Å². The molecule has 168 valence electrons. The molecule has 0 fully saturated rings. The minimum atomic E-state index is -0.233. The summed E-state index contributed by atoms with van der Waals surface area (Å²) in [5.74, 6) is 0.939. The Morgan fingerprint density at radius 3 is 2.88 bits per heavy atom. The normalized spacial score (nSPS) is 15.3. The van der Waals surface area contributed by atoms with E-state index in [9.17, 15) is 4.79 Å². The summed E-state index contributed by atoms with van der Waals surface area (Å²) in [4.78, 5) is 25.8. The quantitative estimate of drug-likeness (QED) is 0.325. The van der Waals surface area contributed by atoms with Gasteiger partial charge < -0.3 is 10.1 Å². The predicted molar refractivity (Wildman–Crippen MR) is 135 cm³/mol. The molecule has 0 radical (unpaired) electrons. The smallest absolute Gasteiger partial charge is 0.262 e. The van der Waals surface area contributed by atoms with Crippen molar-refractivity contribution in [2.24, 2.45) is 5.92 Å². The Morgan fingerprint density at radius 1 is 1.21 bits per heavy atom. The molecular weight excluding hydrogens is 474 g/mol. The fraction of sp³-hybridized carbons (Fsp3) is 0.240. The van der Waals surface area contributed by atoms with Crippen molar-refractivity contribution < 1.29 is 9.53 Å². The highest BCUT2D eigenvalue weighted by molar-refractivity contribution is 7.99. The van der Waals surface area contributed by atoms with Crippen LogP contribution in [0, 0.1) is 5.92 Å². The summed E-state index contributed by atoms with van der Waals surface area (Å²) in [6.07, 6.45) is 4.73. The van der Waals surface area contributed by atoms with Gasteiger partial charge in [0.05, 0.1) is 11.1 Å². The van der Waals surface area contributed by atoms with E-state index in [1.165, 1.54) is 16.8 Å². The third-order valence-electron chi connectivity index (χ3n) is 5.60. The zero-order chi connectivity index (χ0) is 22.8. The highest BCUT2D eigenvalue weighted by Gasteiger charge is 2.24. The minimum absolute atomic E-state index is 0.118. The number of rotatable bonds is 6. The van der Waals surface area contributed by atoms with Crippen molar-refractivity contribution in [3.8, 4) is 5.88 Å². The number of benzene rings is 2. The Balaban J connectivity index is 1.29. The lowest BCUT2D eigenvalue weighted by Gasteiger charge is -2.18. The summed E-state index contributed by atoms with van der Waals surface area (Å²) >= 11 is 9.27. The molecule has 8 heteroatoms. The molecule has 5 rings (SSSR count). The standard InChI is InChI=1S/C25H22ClN3O2S2/c1-15-6-11-18-21(12-15)33-25-23(18)24(27-14-28-25)31-13-22(30)29-19-4-2-3-5-20(19)32-17-9-7-16(26)8-10-17/h2-5,7-10,14-15H,6,11-13H2,1H3,(H,29,30)/t15-/m0/s1. The van der Waals surface area contributed by atoms with Gasteiger partial charge in [-0.25, -0.2) is 9.97 Å². The maximum atomic E-state index is 12.7. The van der Waals surface area contributed by atoms with Crippen molar-refractivity contribution in [2.75, 3.05) is 11.9 Å². The van der Waals surface area contributed by atoms with Crippen LogP contribution in [0.25, 0.3) is 10.2 Å². The minimum Gasteiger partial charge on any atom is -0.467 e. The molecule has 1 atom stereocenters. The van der Waals surface area contributed by atoms with Gasteiger partial charge in [-0.05, 0) is 67.1 Å². The number of hydrogen-bond acceptors (Lipinski definition) is 6. The number of hydrogen-bond donors (Lipinski definition) is 1. The number of halogens is 1. The molecule has 4 aromatic rings. The molecule has 1 N–H and O–H groups in total. The van der Waals surface area contributed by atoms with Crippen LogP contribution in [-0.4, -0.2) is 22.5 Å². The largest absolute Gasteiger partial charge is 0.467 e. The van der Waals surface area contributed by atoms with Crippen molar-refractivity contribution in [1.82, 2.24) is 9.97 Å². The molecule has 2 aromatic heterocycles. The van der Waals surface area contributed by atoms with E-state index in [2.05, 4.69) is 22.2 Å². The van der Waals surface area contributed by atoms with E-state index in [1.807, 2.05) is 48.5 Å². The van der Waals surface area contributed by atoms with Crippen LogP contribution in [0.2, 0.25) is 5.02 Å². The van der Waals surface area contributed by atoms with Crippen LogP contribution in [0.4, 0.5) is 5.69 Å². The van der Waals surface area contributed by atoms with Gasteiger partial charge in [-0.15, -0.1) is 11.3 Å². The van der Waals surface area contributed by atoms with Crippen molar-refractivity contribution in [3.05, 3.63) is 70.3 Å². The number of para-hydroxylation sites is 1. The Kier molecular flexibility index (Phi) is 6.53.